The Hall–Kier alpha value is -2.33. The maximum atomic E-state index is 5.91. The van der Waals surface area contributed by atoms with Gasteiger partial charge in [0.25, 0.3) is 0 Å². The predicted molar refractivity (Wildman–Crippen MR) is 125 cm³/mol. The molecule has 0 N–H and O–H groups in total. The Morgan fingerprint density at radius 2 is 1.69 bits per heavy atom. The first-order chi connectivity index (χ1) is 13.7. The van der Waals surface area contributed by atoms with E-state index in [2.05, 4.69) is 54.3 Å². The summed E-state index contributed by atoms with van der Waals surface area (Å²) in [7, 11) is 0. The van der Waals surface area contributed by atoms with Crippen molar-refractivity contribution in [3.05, 3.63) is 94.4 Å². The van der Waals surface area contributed by atoms with E-state index in [0.29, 0.717) is 0 Å². The number of hydrogen-bond acceptors (Lipinski definition) is 3. The summed E-state index contributed by atoms with van der Waals surface area (Å²) < 4.78 is 7.34. The fourth-order valence-electron chi connectivity index (χ4n) is 3.93. The van der Waals surface area contributed by atoms with Crippen molar-refractivity contribution in [1.82, 2.24) is 4.90 Å². The van der Waals surface area contributed by atoms with Gasteiger partial charge < -0.3 is 4.74 Å². The third kappa shape index (κ3) is 4.32. The van der Waals surface area contributed by atoms with E-state index in [1.165, 1.54) is 21.2 Å². The minimum absolute atomic E-state index is 0. The van der Waals surface area contributed by atoms with Gasteiger partial charge in [-0.25, -0.2) is 0 Å². The van der Waals surface area contributed by atoms with Crippen LogP contribution in [0, 0.1) is 6.92 Å². The fraction of sp³-hybridized carbons (Fsp3) is 0.200. The van der Waals surface area contributed by atoms with Crippen LogP contribution in [0.1, 0.15) is 21.6 Å². The van der Waals surface area contributed by atoms with Gasteiger partial charge in [0.1, 0.15) is 11.5 Å². The molecular weight excluding hydrogens is 398 g/mol. The van der Waals surface area contributed by atoms with E-state index >= 15 is 0 Å². The Morgan fingerprint density at radius 1 is 0.931 bits per heavy atom. The zero-order chi connectivity index (χ0) is 18.9. The molecule has 0 saturated carbocycles. The van der Waals surface area contributed by atoms with Crippen molar-refractivity contribution in [3.8, 4) is 11.5 Å². The quantitative estimate of drug-likeness (QED) is 0.352. The van der Waals surface area contributed by atoms with Gasteiger partial charge in [-0.3, -0.25) is 4.90 Å². The van der Waals surface area contributed by atoms with E-state index in [1.54, 1.807) is 10.4 Å². The molecule has 0 unspecified atom stereocenters. The molecule has 1 aliphatic rings. The lowest BCUT2D eigenvalue weighted by molar-refractivity contribution is 0.248. The van der Waals surface area contributed by atoms with E-state index in [0.717, 1.165) is 37.6 Å². The van der Waals surface area contributed by atoms with Crippen LogP contribution in [0.3, 0.4) is 0 Å². The van der Waals surface area contributed by atoms with E-state index in [1.807, 2.05) is 41.7 Å². The van der Waals surface area contributed by atoms with Gasteiger partial charge in [0.05, 0.1) is 0 Å². The highest BCUT2D eigenvalue weighted by Crippen LogP contribution is 2.36. The first-order valence-corrected chi connectivity index (χ1v) is 10.6. The van der Waals surface area contributed by atoms with Crippen molar-refractivity contribution < 1.29 is 4.74 Å². The van der Waals surface area contributed by atoms with Gasteiger partial charge in [-0.05, 0) is 60.2 Å². The number of hydrogen-bond donors (Lipinski definition) is 0. The average molecular weight is 422 g/mol. The Labute approximate surface area is 182 Å². The smallest absolute Gasteiger partial charge is 0.127 e. The zero-order valence-corrected chi connectivity index (χ0v) is 18.1. The van der Waals surface area contributed by atoms with Crippen LogP contribution in [0.15, 0.2) is 72.8 Å². The second-order valence-corrected chi connectivity index (χ2v) is 8.66. The highest BCUT2D eigenvalue weighted by atomic mass is 35.5. The molecule has 29 heavy (non-hydrogen) atoms. The van der Waals surface area contributed by atoms with Crippen LogP contribution in [0.5, 0.6) is 11.5 Å². The number of thiophene rings is 1. The Bertz CT molecular complexity index is 1110. The van der Waals surface area contributed by atoms with Crippen LogP contribution < -0.4 is 4.74 Å². The van der Waals surface area contributed by atoms with Crippen LogP contribution in [0.4, 0.5) is 0 Å². The molecule has 0 saturated heterocycles. The molecule has 0 atom stereocenters. The molecule has 0 aliphatic carbocycles. The zero-order valence-electron chi connectivity index (χ0n) is 16.4. The van der Waals surface area contributed by atoms with E-state index in [4.69, 9.17) is 4.74 Å². The van der Waals surface area contributed by atoms with Crippen LogP contribution in [0.25, 0.3) is 10.1 Å². The predicted octanol–water partition coefficient (Wildman–Crippen LogP) is 6.98. The van der Waals surface area contributed by atoms with Crippen molar-refractivity contribution >= 4 is 33.8 Å². The lowest BCUT2D eigenvalue weighted by Gasteiger charge is -2.27. The van der Waals surface area contributed by atoms with Crippen molar-refractivity contribution in [2.45, 2.75) is 26.4 Å². The maximum Gasteiger partial charge on any atom is 0.127 e. The number of aryl methyl sites for hydroxylation is 1. The third-order valence-corrected chi connectivity index (χ3v) is 6.65. The van der Waals surface area contributed by atoms with Gasteiger partial charge in [0.15, 0.2) is 0 Å². The third-order valence-electron chi connectivity index (χ3n) is 5.38. The van der Waals surface area contributed by atoms with Gasteiger partial charge in [0.2, 0.25) is 0 Å². The second kappa shape index (κ2) is 8.58. The van der Waals surface area contributed by atoms with E-state index in [-0.39, 0.29) is 12.4 Å². The number of para-hydroxylation sites is 1. The minimum atomic E-state index is 0. The molecule has 4 heteroatoms. The molecule has 0 spiro atoms. The summed E-state index contributed by atoms with van der Waals surface area (Å²) in [5, 5.41) is 1.45. The second-order valence-electron chi connectivity index (χ2n) is 7.52. The fourth-order valence-corrected chi connectivity index (χ4v) is 5.12. The van der Waals surface area contributed by atoms with Gasteiger partial charge in [-0.15, -0.1) is 23.7 Å². The summed E-state index contributed by atoms with van der Waals surface area (Å²) in [6.07, 6.45) is 1.16. The summed E-state index contributed by atoms with van der Waals surface area (Å²) in [5.41, 5.74) is 4.22. The summed E-state index contributed by atoms with van der Waals surface area (Å²) >= 11 is 1.98. The van der Waals surface area contributed by atoms with Crippen molar-refractivity contribution in [1.29, 1.82) is 0 Å². The molecular formula is C25H24ClNOS. The van der Waals surface area contributed by atoms with Gasteiger partial charge in [-0.2, -0.15) is 0 Å². The Kier molecular flexibility index (Phi) is 5.91. The molecule has 2 nitrogen and oxygen atoms in total. The lowest BCUT2D eigenvalue weighted by Crippen LogP contribution is -2.29. The normalized spacial score (nSPS) is 13.7. The minimum Gasteiger partial charge on any atom is -0.457 e. The first-order valence-electron chi connectivity index (χ1n) is 9.80. The highest BCUT2D eigenvalue weighted by molar-refractivity contribution is 7.19. The number of rotatable bonds is 4. The standard InChI is InChI=1S/C25H23NOS.ClH/c1-18-7-12-24-22(15-18)23-17-26(14-13-25(23)28-24)16-19-8-10-21(11-9-19)27-20-5-3-2-4-6-20;/h2-12,15H,13-14,16-17H2,1H3;1H. The monoisotopic (exact) mass is 421 g/mol. The molecule has 148 valence electrons. The number of fused-ring (bicyclic) bond motifs is 3. The lowest BCUT2D eigenvalue weighted by atomic mass is 10.0. The largest absolute Gasteiger partial charge is 0.457 e. The topological polar surface area (TPSA) is 12.5 Å². The van der Waals surface area contributed by atoms with Gasteiger partial charge in [-0.1, -0.05) is 48.0 Å². The summed E-state index contributed by atoms with van der Waals surface area (Å²) in [6.45, 7) is 5.33. The van der Waals surface area contributed by atoms with E-state index < -0.39 is 0 Å². The highest BCUT2D eigenvalue weighted by Gasteiger charge is 2.21. The molecule has 4 aromatic rings. The van der Waals surface area contributed by atoms with Crippen molar-refractivity contribution in [3.63, 3.8) is 0 Å². The van der Waals surface area contributed by atoms with Crippen LogP contribution in [-0.2, 0) is 19.5 Å². The number of nitrogens with zero attached hydrogens (tertiary/aromatic N) is 1. The summed E-state index contributed by atoms with van der Waals surface area (Å²) in [6, 6.07) is 25.3. The van der Waals surface area contributed by atoms with Gasteiger partial charge >= 0.3 is 0 Å². The number of benzene rings is 3. The molecule has 1 aromatic heterocycles. The molecule has 0 bridgehead atoms. The molecule has 5 rings (SSSR count). The average Bonchev–Trinajstić information content (AvgIpc) is 3.08. The molecule has 0 radical (unpaired) electrons. The molecule has 0 fully saturated rings. The van der Waals surface area contributed by atoms with Crippen LogP contribution in [-0.4, -0.2) is 11.4 Å². The number of halogens is 1. The number of ether oxygens (including phenoxy) is 1. The Morgan fingerprint density at radius 3 is 2.48 bits per heavy atom. The molecule has 0 amide bonds. The van der Waals surface area contributed by atoms with Gasteiger partial charge in [0, 0.05) is 29.2 Å². The molecule has 3 aromatic carbocycles. The molecule has 2 heterocycles. The summed E-state index contributed by atoms with van der Waals surface area (Å²) in [5.74, 6) is 1.76. The summed E-state index contributed by atoms with van der Waals surface area (Å²) in [4.78, 5) is 4.13. The Balaban J connectivity index is 0.00000205. The van der Waals surface area contributed by atoms with Crippen LogP contribution >= 0.6 is 23.7 Å². The SMILES string of the molecule is Cc1ccc2sc3c(c2c1)CN(Cc1ccc(Oc2ccccc2)cc1)CC3.Cl. The van der Waals surface area contributed by atoms with Crippen molar-refractivity contribution in [2.75, 3.05) is 6.54 Å². The van der Waals surface area contributed by atoms with Crippen molar-refractivity contribution in [2.24, 2.45) is 0 Å². The van der Waals surface area contributed by atoms with E-state index in [9.17, 15) is 0 Å². The maximum absolute atomic E-state index is 5.91. The molecule has 1 aliphatic heterocycles. The van der Waals surface area contributed by atoms with Crippen LogP contribution in [0.2, 0.25) is 0 Å². The first kappa shape index (κ1) is 20.0.